The molecule has 0 spiro atoms. The van der Waals surface area contributed by atoms with Crippen molar-refractivity contribution in [2.45, 2.75) is 32.7 Å². The molecule has 0 saturated carbocycles. The number of nitrogens with zero attached hydrogens (tertiary/aromatic N) is 1. The number of nitrogens with two attached hydrogens (primary N) is 1. The highest BCUT2D eigenvalue weighted by molar-refractivity contribution is 6.83. The van der Waals surface area contributed by atoms with Gasteiger partial charge in [0.15, 0.2) is 11.6 Å². The van der Waals surface area contributed by atoms with Gasteiger partial charge in [-0.2, -0.15) is 0 Å². The quantitative estimate of drug-likeness (QED) is 0.424. The average Bonchev–Trinajstić information content (AvgIpc) is 2.51. The van der Waals surface area contributed by atoms with Gasteiger partial charge in [-0.05, 0) is 19.1 Å². The number of nitrogen functional groups attached to an aromatic ring is 1. The SMILES string of the molecule is CC(Oc1cc(C#C[Si](C)(C)C)cnc1N)c1c(Cl)ccc(F)c1Cl. The highest BCUT2D eigenvalue weighted by Crippen LogP contribution is 2.35. The Labute approximate surface area is 158 Å². The topological polar surface area (TPSA) is 48.1 Å². The highest BCUT2D eigenvalue weighted by atomic mass is 35.5. The second kappa shape index (κ2) is 7.65. The van der Waals surface area contributed by atoms with E-state index in [0.29, 0.717) is 21.9 Å². The predicted octanol–water partition coefficient (Wildman–Crippen LogP) is 5.48. The first kappa shape index (κ1) is 19.6. The number of hydrogen-bond acceptors (Lipinski definition) is 3. The highest BCUT2D eigenvalue weighted by Gasteiger charge is 2.20. The molecule has 2 aromatic rings. The van der Waals surface area contributed by atoms with Gasteiger partial charge in [-0.15, -0.1) is 5.54 Å². The van der Waals surface area contributed by atoms with Crippen LogP contribution in [0.2, 0.25) is 29.7 Å². The Morgan fingerprint density at radius 3 is 2.60 bits per heavy atom. The van der Waals surface area contributed by atoms with Crippen LogP contribution in [0.4, 0.5) is 10.2 Å². The normalized spacial score (nSPS) is 12.3. The van der Waals surface area contributed by atoms with Gasteiger partial charge in [-0.25, -0.2) is 9.37 Å². The maximum absolute atomic E-state index is 13.7. The standard InChI is InChI=1S/C18H19Cl2FN2OSi/c1-11(16-13(19)5-6-14(21)17(16)20)24-15-9-12(10-23-18(15)22)7-8-25(2,3)4/h5-6,9-11H,1-4H3,(H2,22,23). The van der Waals surface area contributed by atoms with Gasteiger partial charge in [0.25, 0.3) is 0 Å². The van der Waals surface area contributed by atoms with E-state index < -0.39 is 20.0 Å². The second-order valence-corrected chi connectivity index (χ2v) is 12.2. The van der Waals surface area contributed by atoms with Crippen LogP contribution in [0.25, 0.3) is 0 Å². The lowest BCUT2D eigenvalue weighted by Crippen LogP contribution is -2.16. The molecule has 0 amide bonds. The minimum Gasteiger partial charge on any atom is -0.482 e. The van der Waals surface area contributed by atoms with E-state index in [1.165, 1.54) is 12.1 Å². The van der Waals surface area contributed by atoms with Crippen molar-refractivity contribution in [2.75, 3.05) is 5.73 Å². The third kappa shape index (κ3) is 5.11. The van der Waals surface area contributed by atoms with Crippen molar-refractivity contribution >= 4 is 37.1 Å². The molecule has 1 heterocycles. The first-order valence-electron chi connectivity index (χ1n) is 7.67. The number of hydrogen-bond donors (Lipinski definition) is 1. The van der Waals surface area contributed by atoms with Crippen molar-refractivity contribution in [1.29, 1.82) is 0 Å². The Kier molecular flexibility index (Phi) is 5.99. The summed E-state index contributed by atoms with van der Waals surface area (Å²) in [5, 5.41) is 0.251. The number of pyridine rings is 1. The molecule has 0 aliphatic rings. The molecular weight excluding hydrogens is 378 g/mol. The fourth-order valence-electron chi connectivity index (χ4n) is 2.04. The summed E-state index contributed by atoms with van der Waals surface area (Å²) in [7, 11) is -1.51. The van der Waals surface area contributed by atoms with Crippen molar-refractivity contribution < 1.29 is 9.13 Å². The van der Waals surface area contributed by atoms with E-state index in [1.807, 2.05) is 0 Å². The molecular formula is C18H19Cl2FN2OSi. The molecule has 0 aliphatic heterocycles. The lowest BCUT2D eigenvalue weighted by atomic mass is 10.1. The summed E-state index contributed by atoms with van der Waals surface area (Å²) in [4.78, 5) is 4.11. The molecule has 0 bridgehead atoms. The van der Waals surface area contributed by atoms with Crippen LogP contribution in [0.3, 0.4) is 0 Å². The van der Waals surface area contributed by atoms with Gasteiger partial charge in [0, 0.05) is 28.4 Å². The summed E-state index contributed by atoms with van der Waals surface area (Å²) < 4.78 is 19.6. The lowest BCUT2D eigenvalue weighted by Gasteiger charge is -2.19. The smallest absolute Gasteiger partial charge is 0.166 e. The van der Waals surface area contributed by atoms with E-state index in [9.17, 15) is 4.39 Å². The third-order valence-corrected chi connectivity index (χ3v) is 4.84. The Bertz CT molecular complexity index is 857. The molecule has 0 radical (unpaired) electrons. The summed E-state index contributed by atoms with van der Waals surface area (Å²) in [5.41, 5.74) is 10.2. The molecule has 132 valence electrons. The zero-order valence-electron chi connectivity index (χ0n) is 14.5. The number of halogens is 3. The molecule has 0 saturated heterocycles. The van der Waals surface area contributed by atoms with Crippen LogP contribution in [-0.4, -0.2) is 13.1 Å². The van der Waals surface area contributed by atoms with Crippen molar-refractivity contribution in [2.24, 2.45) is 0 Å². The zero-order chi connectivity index (χ0) is 18.8. The molecule has 1 aromatic carbocycles. The maximum Gasteiger partial charge on any atom is 0.166 e. The summed E-state index contributed by atoms with van der Waals surface area (Å²) in [6.45, 7) is 8.17. The zero-order valence-corrected chi connectivity index (χ0v) is 17.0. The average molecular weight is 397 g/mol. The van der Waals surface area contributed by atoms with Crippen LogP contribution < -0.4 is 10.5 Å². The summed E-state index contributed by atoms with van der Waals surface area (Å²) in [6.07, 6.45) is 0.988. The first-order valence-corrected chi connectivity index (χ1v) is 11.9. The van der Waals surface area contributed by atoms with Gasteiger partial charge < -0.3 is 10.5 Å². The number of aromatic nitrogens is 1. The van der Waals surface area contributed by atoms with Crippen molar-refractivity contribution in [3.8, 4) is 17.2 Å². The molecule has 7 heteroatoms. The van der Waals surface area contributed by atoms with Gasteiger partial charge >= 0.3 is 0 Å². The predicted molar refractivity (Wildman–Crippen MR) is 104 cm³/mol. The minimum atomic E-state index is -1.51. The number of ether oxygens (including phenoxy) is 1. The van der Waals surface area contributed by atoms with E-state index in [0.717, 1.165) is 0 Å². The fraction of sp³-hybridized carbons (Fsp3) is 0.278. The molecule has 3 nitrogen and oxygen atoms in total. The van der Waals surface area contributed by atoms with E-state index >= 15 is 0 Å². The van der Waals surface area contributed by atoms with Gasteiger partial charge in [-0.3, -0.25) is 0 Å². The molecule has 25 heavy (non-hydrogen) atoms. The van der Waals surface area contributed by atoms with Crippen LogP contribution in [-0.2, 0) is 0 Å². The van der Waals surface area contributed by atoms with Crippen LogP contribution in [0.1, 0.15) is 24.2 Å². The monoisotopic (exact) mass is 396 g/mol. The largest absolute Gasteiger partial charge is 0.482 e. The number of rotatable bonds is 3. The molecule has 1 unspecified atom stereocenters. The lowest BCUT2D eigenvalue weighted by molar-refractivity contribution is 0.227. The molecule has 0 fully saturated rings. The van der Waals surface area contributed by atoms with Gasteiger partial charge in [0.1, 0.15) is 20.0 Å². The molecule has 2 rings (SSSR count). The number of anilines is 1. The summed E-state index contributed by atoms with van der Waals surface area (Å²) in [6, 6.07) is 4.37. The van der Waals surface area contributed by atoms with Crippen molar-refractivity contribution in [1.82, 2.24) is 4.98 Å². The van der Waals surface area contributed by atoms with E-state index in [1.54, 1.807) is 19.2 Å². The van der Waals surface area contributed by atoms with Gasteiger partial charge in [0.2, 0.25) is 0 Å². The van der Waals surface area contributed by atoms with Crippen LogP contribution in [0, 0.1) is 17.3 Å². The Morgan fingerprint density at radius 1 is 1.28 bits per heavy atom. The van der Waals surface area contributed by atoms with E-state index in [4.69, 9.17) is 33.7 Å². The fourth-order valence-corrected chi connectivity index (χ4v) is 3.24. The second-order valence-electron chi connectivity index (χ2n) is 6.62. The minimum absolute atomic E-state index is 0.0683. The Balaban J connectivity index is 2.34. The summed E-state index contributed by atoms with van der Waals surface area (Å²) >= 11 is 12.2. The van der Waals surface area contributed by atoms with Crippen LogP contribution >= 0.6 is 23.2 Å². The molecule has 2 N–H and O–H groups in total. The van der Waals surface area contributed by atoms with Gasteiger partial charge in [-0.1, -0.05) is 48.8 Å². The molecule has 0 aliphatic carbocycles. The van der Waals surface area contributed by atoms with Gasteiger partial charge in [0.05, 0.1) is 5.02 Å². The van der Waals surface area contributed by atoms with Crippen LogP contribution in [0.5, 0.6) is 5.75 Å². The van der Waals surface area contributed by atoms with E-state index in [-0.39, 0.29) is 10.8 Å². The maximum atomic E-state index is 13.7. The Hall–Kier alpha value is -1.74. The third-order valence-electron chi connectivity index (χ3n) is 3.25. The summed E-state index contributed by atoms with van der Waals surface area (Å²) in [5.74, 6) is 3.11. The van der Waals surface area contributed by atoms with Crippen LogP contribution in [0.15, 0.2) is 24.4 Å². The van der Waals surface area contributed by atoms with Crippen molar-refractivity contribution in [3.05, 3.63) is 51.4 Å². The number of benzene rings is 1. The molecule has 1 aromatic heterocycles. The first-order chi connectivity index (χ1) is 11.6. The van der Waals surface area contributed by atoms with Crippen molar-refractivity contribution in [3.63, 3.8) is 0 Å². The Morgan fingerprint density at radius 2 is 1.96 bits per heavy atom. The van der Waals surface area contributed by atoms with E-state index in [2.05, 4.69) is 36.1 Å². The molecule has 1 atom stereocenters.